The van der Waals surface area contributed by atoms with Crippen LogP contribution in [0.5, 0.6) is 5.75 Å². The van der Waals surface area contributed by atoms with Crippen LogP contribution in [0.15, 0.2) is 91.6 Å². The van der Waals surface area contributed by atoms with Gasteiger partial charge in [0.2, 0.25) is 0 Å². The van der Waals surface area contributed by atoms with Crippen molar-refractivity contribution in [1.29, 1.82) is 0 Å². The van der Waals surface area contributed by atoms with E-state index >= 15 is 0 Å². The second-order valence-corrected chi connectivity index (χ2v) is 12.1. The monoisotopic (exact) mass is 604 g/mol. The van der Waals surface area contributed by atoms with Gasteiger partial charge in [-0.05, 0) is 61.9 Å². The van der Waals surface area contributed by atoms with Crippen molar-refractivity contribution >= 4 is 17.6 Å². The van der Waals surface area contributed by atoms with Gasteiger partial charge < -0.3 is 19.4 Å². The highest BCUT2D eigenvalue weighted by molar-refractivity contribution is 5.97. The highest BCUT2D eigenvalue weighted by Crippen LogP contribution is 2.38. The molecule has 6 rings (SSSR count). The lowest BCUT2D eigenvalue weighted by Crippen LogP contribution is -2.46. The predicted octanol–water partition coefficient (Wildman–Crippen LogP) is 5.42. The van der Waals surface area contributed by atoms with Crippen LogP contribution in [0.2, 0.25) is 0 Å². The van der Waals surface area contributed by atoms with Gasteiger partial charge in [-0.3, -0.25) is 19.6 Å². The van der Waals surface area contributed by atoms with Crippen LogP contribution in [-0.2, 0) is 6.54 Å². The first-order valence-electron chi connectivity index (χ1n) is 15.8. The Morgan fingerprint density at radius 1 is 0.844 bits per heavy atom. The Morgan fingerprint density at radius 3 is 2.40 bits per heavy atom. The third-order valence-corrected chi connectivity index (χ3v) is 9.18. The number of aromatic nitrogens is 3. The molecule has 232 valence electrons. The Kier molecular flexibility index (Phi) is 9.33. The van der Waals surface area contributed by atoms with Gasteiger partial charge in [0.05, 0.1) is 23.9 Å². The summed E-state index contributed by atoms with van der Waals surface area (Å²) in [5, 5.41) is 0. The number of hydrogen-bond donors (Lipinski definition) is 0. The van der Waals surface area contributed by atoms with E-state index in [9.17, 15) is 9.59 Å². The Morgan fingerprint density at radius 2 is 1.62 bits per heavy atom. The van der Waals surface area contributed by atoms with Gasteiger partial charge in [-0.2, -0.15) is 0 Å². The van der Waals surface area contributed by atoms with Gasteiger partial charge >= 0.3 is 0 Å². The van der Waals surface area contributed by atoms with Gasteiger partial charge in [-0.25, -0.2) is 4.98 Å². The minimum atomic E-state index is -0.136. The van der Waals surface area contributed by atoms with Crippen LogP contribution in [0.1, 0.15) is 57.5 Å². The van der Waals surface area contributed by atoms with Crippen LogP contribution in [0.4, 0.5) is 5.82 Å². The van der Waals surface area contributed by atoms with Gasteiger partial charge in [0.15, 0.2) is 0 Å². The Balaban J connectivity index is 1.27. The summed E-state index contributed by atoms with van der Waals surface area (Å²) in [5.74, 6) is 1.38. The predicted molar refractivity (Wildman–Crippen MR) is 173 cm³/mol. The van der Waals surface area contributed by atoms with E-state index in [1.807, 2.05) is 77.4 Å². The first-order chi connectivity index (χ1) is 22.0. The number of fused-ring (bicyclic) bond motifs is 1. The fourth-order valence-corrected chi connectivity index (χ4v) is 6.42. The molecule has 0 atom stereocenters. The van der Waals surface area contributed by atoms with Crippen LogP contribution in [-0.4, -0.2) is 75.9 Å². The molecule has 0 bridgehead atoms. The van der Waals surface area contributed by atoms with Crippen LogP contribution >= 0.6 is 0 Å². The number of nitrogens with zero attached hydrogens (tertiary/aromatic N) is 6. The van der Waals surface area contributed by atoms with E-state index < -0.39 is 0 Å². The molecule has 9 heteroatoms. The molecule has 2 aromatic heterocycles. The number of ether oxygens (including phenoxy) is 1. The van der Waals surface area contributed by atoms with Crippen LogP contribution in [0, 0.1) is 12.3 Å². The van der Waals surface area contributed by atoms with Crippen LogP contribution in [0.3, 0.4) is 0 Å². The molecule has 0 aliphatic carbocycles. The second-order valence-electron chi connectivity index (χ2n) is 12.1. The summed E-state index contributed by atoms with van der Waals surface area (Å²) in [6, 6.07) is 19.5. The highest BCUT2D eigenvalue weighted by atomic mass is 16.5. The lowest BCUT2D eigenvalue weighted by molar-refractivity contribution is 0.0363. The summed E-state index contributed by atoms with van der Waals surface area (Å²) >= 11 is 0. The molecule has 4 heterocycles. The SMILES string of the molecule is Cc1ccncc1C(=O)N1CCC2(CCCN(c3cnccn3)CCN(Cc3ccccc3)C(=O)c3ccccc3OC2)CC1. The van der Waals surface area contributed by atoms with Crippen molar-refractivity contribution in [2.45, 2.75) is 39.2 Å². The van der Waals surface area contributed by atoms with Gasteiger partial charge in [-0.15, -0.1) is 0 Å². The van der Waals surface area contributed by atoms with Crippen molar-refractivity contribution in [3.8, 4) is 5.75 Å². The van der Waals surface area contributed by atoms with Crippen molar-refractivity contribution in [3.05, 3.63) is 114 Å². The van der Waals surface area contributed by atoms with Gasteiger partial charge in [0, 0.05) is 69.5 Å². The quantitative estimate of drug-likeness (QED) is 0.307. The number of amides is 2. The zero-order valence-electron chi connectivity index (χ0n) is 25.8. The number of piperidine rings is 1. The molecule has 9 nitrogen and oxygen atoms in total. The van der Waals surface area contributed by atoms with Gasteiger partial charge in [0.25, 0.3) is 11.8 Å². The highest BCUT2D eigenvalue weighted by Gasteiger charge is 2.37. The summed E-state index contributed by atoms with van der Waals surface area (Å²) in [5.41, 5.74) is 3.09. The van der Waals surface area contributed by atoms with E-state index in [1.165, 1.54) is 0 Å². The third-order valence-electron chi connectivity index (χ3n) is 9.18. The van der Waals surface area contributed by atoms with Crippen molar-refractivity contribution in [2.75, 3.05) is 44.2 Å². The van der Waals surface area contributed by atoms with Crippen molar-refractivity contribution < 1.29 is 14.3 Å². The van der Waals surface area contributed by atoms with Crippen molar-refractivity contribution in [2.24, 2.45) is 5.41 Å². The third kappa shape index (κ3) is 7.14. The maximum atomic E-state index is 14.2. The number of hydrogen-bond acceptors (Lipinski definition) is 7. The van der Waals surface area contributed by atoms with Crippen LogP contribution in [0.25, 0.3) is 0 Å². The van der Waals surface area contributed by atoms with Crippen LogP contribution < -0.4 is 9.64 Å². The molecule has 1 fully saturated rings. The maximum absolute atomic E-state index is 14.2. The molecule has 2 aliphatic heterocycles. The first kappa shape index (κ1) is 30.2. The van der Waals surface area contributed by atoms with E-state index in [1.54, 1.807) is 31.0 Å². The Bertz CT molecular complexity index is 1590. The number of para-hydroxylation sites is 1. The van der Waals surface area contributed by atoms with Crippen molar-refractivity contribution in [1.82, 2.24) is 24.8 Å². The Hall–Kier alpha value is -4.79. The van der Waals surface area contributed by atoms with E-state index in [0.29, 0.717) is 56.2 Å². The minimum Gasteiger partial charge on any atom is -0.492 e. The molecule has 1 spiro atoms. The average molecular weight is 605 g/mol. The number of aryl methyl sites for hydroxylation is 1. The first-order valence-corrected chi connectivity index (χ1v) is 15.8. The fourth-order valence-electron chi connectivity index (χ4n) is 6.42. The number of pyridine rings is 1. The number of anilines is 1. The summed E-state index contributed by atoms with van der Waals surface area (Å²) in [6.07, 6.45) is 12.1. The van der Waals surface area contributed by atoms with Crippen molar-refractivity contribution in [3.63, 3.8) is 0 Å². The lowest BCUT2D eigenvalue weighted by atomic mass is 9.75. The van der Waals surface area contributed by atoms with E-state index in [4.69, 9.17) is 4.74 Å². The molecule has 0 unspecified atom stereocenters. The van der Waals surface area contributed by atoms with Gasteiger partial charge in [0.1, 0.15) is 11.6 Å². The standard InChI is InChI=1S/C36H40N6O3/c1-28-12-16-37-24-31(28)35(44)41-20-14-36(15-21-41)13-7-19-40(33-25-38-17-18-39-33)22-23-42(26-29-8-3-2-4-9-29)34(43)30-10-5-6-11-32(30)45-27-36/h2-6,8-12,16-18,24-25H,7,13-15,19-23,26-27H2,1H3. The smallest absolute Gasteiger partial charge is 0.257 e. The normalized spacial score (nSPS) is 17.4. The molecule has 2 aliphatic rings. The summed E-state index contributed by atoms with van der Waals surface area (Å²) in [4.78, 5) is 46.8. The molecule has 1 saturated heterocycles. The van der Waals surface area contributed by atoms with E-state index in [-0.39, 0.29) is 17.2 Å². The summed E-state index contributed by atoms with van der Waals surface area (Å²) in [6.45, 7) is 6.15. The molecule has 2 aromatic carbocycles. The molecule has 0 N–H and O–H groups in total. The average Bonchev–Trinajstić information content (AvgIpc) is 3.09. The molecule has 2 amide bonds. The second kappa shape index (κ2) is 13.9. The molecule has 0 radical (unpaired) electrons. The summed E-state index contributed by atoms with van der Waals surface area (Å²) in [7, 11) is 0. The largest absolute Gasteiger partial charge is 0.492 e. The maximum Gasteiger partial charge on any atom is 0.257 e. The topological polar surface area (TPSA) is 91.8 Å². The summed E-state index contributed by atoms with van der Waals surface area (Å²) < 4.78 is 6.58. The minimum absolute atomic E-state index is 0.0317. The zero-order valence-corrected chi connectivity index (χ0v) is 25.8. The number of carbonyl (C=O) groups is 2. The number of likely N-dealkylation sites (tertiary alicyclic amines) is 1. The van der Waals surface area contributed by atoms with Gasteiger partial charge in [-0.1, -0.05) is 42.5 Å². The number of benzene rings is 2. The zero-order chi connectivity index (χ0) is 31.1. The lowest BCUT2D eigenvalue weighted by Gasteiger charge is -2.42. The van der Waals surface area contributed by atoms with E-state index in [0.717, 1.165) is 49.2 Å². The molecule has 4 aromatic rings. The molecule has 45 heavy (non-hydrogen) atoms. The number of rotatable bonds is 4. The number of carbonyl (C=O) groups excluding carboxylic acids is 2. The Labute approximate surface area is 264 Å². The molecule has 0 saturated carbocycles. The molecular weight excluding hydrogens is 564 g/mol. The van der Waals surface area contributed by atoms with E-state index in [2.05, 4.69) is 19.9 Å². The fraction of sp³-hybridized carbons (Fsp3) is 0.361. The molecular formula is C36H40N6O3.